The number of nitrogens with one attached hydrogen (secondary N) is 1. The molecule has 0 aromatic heterocycles. The molecule has 0 bridgehead atoms. The van der Waals surface area contributed by atoms with Gasteiger partial charge in [-0.05, 0) is 44.1 Å². The van der Waals surface area contributed by atoms with Crippen LogP contribution in [0.1, 0.15) is 58.3 Å². The number of amides is 1. The van der Waals surface area contributed by atoms with E-state index in [2.05, 4.69) is 5.32 Å². The van der Waals surface area contributed by atoms with Crippen molar-refractivity contribution in [2.45, 2.75) is 64.3 Å². The van der Waals surface area contributed by atoms with Crippen molar-refractivity contribution in [3.05, 3.63) is 0 Å². The molecule has 4 nitrogen and oxygen atoms in total. The summed E-state index contributed by atoms with van der Waals surface area (Å²) >= 11 is 0. The van der Waals surface area contributed by atoms with E-state index in [4.69, 9.17) is 0 Å². The van der Waals surface area contributed by atoms with Crippen molar-refractivity contribution in [3.63, 3.8) is 0 Å². The van der Waals surface area contributed by atoms with Crippen molar-refractivity contribution < 1.29 is 9.90 Å². The van der Waals surface area contributed by atoms with Crippen LogP contribution >= 0.6 is 0 Å². The second-order valence-corrected chi connectivity index (χ2v) is 6.88. The minimum absolute atomic E-state index is 0.230. The largest absolute Gasteiger partial charge is 0.396 e. The average Bonchev–Trinajstić information content (AvgIpc) is 2.53. The van der Waals surface area contributed by atoms with Crippen molar-refractivity contribution in [1.82, 2.24) is 10.2 Å². The first-order valence-corrected chi connectivity index (χ1v) is 8.85. The summed E-state index contributed by atoms with van der Waals surface area (Å²) in [5, 5.41) is 12.9. The fourth-order valence-corrected chi connectivity index (χ4v) is 3.90. The number of piperidine rings is 1. The molecular weight excluding hydrogens is 264 g/mol. The molecule has 1 aliphatic heterocycles. The van der Waals surface area contributed by atoms with E-state index in [1.165, 1.54) is 32.1 Å². The van der Waals surface area contributed by atoms with Gasteiger partial charge in [-0.15, -0.1) is 0 Å². The molecule has 1 heterocycles. The number of carbonyl (C=O) groups is 1. The third-order valence-electron chi connectivity index (χ3n) is 5.15. The number of rotatable bonds is 6. The highest BCUT2D eigenvalue weighted by atomic mass is 16.3. The van der Waals surface area contributed by atoms with E-state index in [0.29, 0.717) is 18.4 Å². The van der Waals surface area contributed by atoms with Gasteiger partial charge in [0.2, 0.25) is 5.91 Å². The molecule has 122 valence electrons. The van der Waals surface area contributed by atoms with Gasteiger partial charge in [-0.1, -0.05) is 26.2 Å². The Morgan fingerprint density at radius 1 is 1.19 bits per heavy atom. The van der Waals surface area contributed by atoms with E-state index in [1.807, 2.05) is 11.8 Å². The number of hydrogen-bond donors (Lipinski definition) is 2. The van der Waals surface area contributed by atoms with Gasteiger partial charge in [0, 0.05) is 32.2 Å². The zero-order valence-corrected chi connectivity index (χ0v) is 13.5. The molecule has 2 N–H and O–H groups in total. The van der Waals surface area contributed by atoms with Crippen LogP contribution in [0.15, 0.2) is 0 Å². The zero-order chi connectivity index (χ0) is 15.1. The Bertz CT molecular complexity index is 316. The third kappa shape index (κ3) is 5.26. The van der Waals surface area contributed by atoms with Crippen LogP contribution in [0, 0.1) is 11.8 Å². The summed E-state index contributed by atoms with van der Waals surface area (Å²) in [5.74, 6) is 1.53. The monoisotopic (exact) mass is 296 g/mol. The SMILES string of the molecule is CCC(=O)N1CC(CCO)CC(NCC2CCCCC2)C1. The van der Waals surface area contributed by atoms with Crippen LogP contribution in [0.4, 0.5) is 0 Å². The Morgan fingerprint density at radius 2 is 1.95 bits per heavy atom. The number of hydrogen-bond acceptors (Lipinski definition) is 3. The maximum Gasteiger partial charge on any atom is 0.222 e. The Kier molecular flexibility index (Phi) is 6.97. The highest BCUT2D eigenvalue weighted by molar-refractivity contribution is 5.76. The molecule has 0 radical (unpaired) electrons. The molecular formula is C17H32N2O2. The molecule has 1 aliphatic carbocycles. The number of likely N-dealkylation sites (tertiary alicyclic amines) is 1. The molecule has 1 saturated carbocycles. The number of aliphatic hydroxyl groups is 1. The predicted octanol–water partition coefficient (Wildman–Crippen LogP) is 2.17. The van der Waals surface area contributed by atoms with E-state index >= 15 is 0 Å². The van der Waals surface area contributed by atoms with Gasteiger partial charge in [0.15, 0.2) is 0 Å². The molecule has 0 aromatic rings. The summed E-state index contributed by atoms with van der Waals surface area (Å²) < 4.78 is 0. The van der Waals surface area contributed by atoms with E-state index in [0.717, 1.165) is 38.4 Å². The Morgan fingerprint density at radius 3 is 2.62 bits per heavy atom. The fourth-order valence-electron chi connectivity index (χ4n) is 3.90. The summed E-state index contributed by atoms with van der Waals surface area (Å²) in [6, 6.07) is 0.410. The van der Waals surface area contributed by atoms with Crippen LogP contribution < -0.4 is 5.32 Å². The maximum atomic E-state index is 12.0. The van der Waals surface area contributed by atoms with Gasteiger partial charge < -0.3 is 15.3 Å². The first-order valence-electron chi connectivity index (χ1n) is 8.85. The first-order chi connectivity index (χ1) is 10.2. The van der Waals surface area contributed by atoms with Crippen molar-refractivity contribution in [2.75, 3.05) is 26.2 Å². The van der Waals surface area contributed by atoms with E-state index < -0.39 is 0 Å². The quantitative estimate of drug-likeness (QED) is 0.790. The van der Waals surface area contributed by atoms with Gasteiger partial charge in [0.05, 0.1) is 0 Å². The molecule has 0 aromatic carbocycles. The topological polar surface area (TPSA) is 52.6 Å². The van der Waals surface area contributed by atoms with Crippen LogP contribution in [0.25, 0.3) is 0 Å². The van der Waals surface area contributed by atoms with Crippen molar-refractivity contribution in [2.24, 2.45) is 11.8 Å². The van der Waals surface area contributed by atoms with E-state index in [-0.39, 0.29) is 12.5 Å². The molecule has 21 heavy (non-hydrogen) atoms. The lowest BCUT2D eigenvalue weighted by Crippen LogP contribution is -2.52. The normalized spacial score (nSPS) is 27.8. The lowest BCUT2D eigenvalue weighted by Gasteiger charge is -2.39. The van der Waals surface area contributed by atoms with E-state index in [9.17, 15) is 9.90 Å². The number of carbonyl (C=O) groups excluding carboxylic acids is 1. The van der Waals surface area contributed by atoms with Crippen LogP contribution in [0.2, 0.25) is 0 Å². The van der Waals surface area contributed by atoms with Gasteiger partial charge >= 0.3 is 0 Å². The van der Waals surface area contributed by atoms with Crippen molar-refractivity contribution in [1.29, 1.82) is 0 Å². The molecule has 0 spiro atoms. The van der Waals surface area contributed by atoms with Gasteiger partial charge in [-0.3, -0.25) is 4.79 Å². The third-order valence-corrected chi connectivity index (χ3v) is 5.15. The smallest absolute Gasteiger partial charge is 0.222 e. The molecule has 1 saturated heterocycles. The van der Waals surface area contributed by atoms with Crippen LogP contribution in [-0.4, -0.2) is 48.2 Å². The number of aliphatic hydroxyl groups excluding tert-OH is 1. The van der Waals surface area contributed by atoms with Gasteiger partial charge in [-0.25, -0.2) is 0 Å². The standard InChI is InChI=1S/C17H32N2O2/c1-2-17(21)19-12-15(8-9-20)10-16(13-19)18-11-14-6-4-3-5-7-14/h14-16,18,20H,2-13H2,1H3. The maximum absolute atomic E-state index is 12.0. The summed E-state index contributed by atoms with van der Waals surface area (Å²) in [7, 11) is 0. The molecule has 2 fully saturated rings. The zero-order valence-electron chi connectivity index (χ0n) is 13.5. The first kappa shape index (κ1) is 16.8. The fraction of sp³-hybridized carbons (Fsp3) is 0.941. The average molecular weight is 296 g/mol. The summed E-state index contributed by atoms with van der Waals surface area (Å²) in [4.78, 5) is 14.0. The number of nitrogens with zero attached hydrogens (tertiary/aromatic N) is 1. The minimum Gasteiger partial charge on any atom is -0.396 e. The second-order valence-electron chi connectivity index (χ2n) is 6.88. The van der Waals surface area contributed by atoms with Gasteiger partial charge in [0.1, 0.15) is 0 Å². The molecule has 4 heteroatoms. The minimum atomic E-state index is 0.230. The van der Waals surface area contributed by atoms with Crippen molar-refractivity contribution in [3.8, 4) is 0 Å². The lowest BCUT2D eigenvalue weighted by molar-refractivity contribution is -0.133. The molecule has 2 atom stereocenters. The van der Waals surface area contributed by atoms with Gasteiger partial charge in [-0.2, -0.15) is 0 Å². The molecule has 2 rings (SSSR count). The molecule has 2 aliphatic rings. The lowest BCUT2D eigenvalue weighted by atomic mass is 9.88. The molecule has 1 amide bonds. The van der Waals surface area contributed by atoms with E-state index in [1.54, 1.807) is 0 Å². The van der Waals surface area contributed by atoms with Crippen molar-refractivity contribution >= 4 is 5.91 Å². The Balaban J connectivity index is 1.82. The summed E-state index contributed by atoms with van der Waals surface area (Å²) in [5.41, 5.74) is 0. The second kappa shape index (κ2) is 8.74. The summed E-state index contributed by atoms with van der Waals surface area (Å²) in [6.07, 6.45) is 9.37. The molecule has 2 unspecified atom stereocenters. The Hall–Kier alpha value is -0.610. The Labute approximate surface area is 129 Å². The highest BCUT2D eigenvalue weighted by Gasteiger charge is 2.29. The van der Waals surface area contributed by atoms with Crippen LogP contribution in [0.5, 0.6) is 0 Å². The van der Waals surface area contributed by atoms with Crippen LogP contribution in [0.3, 0.4) is 0 Å². The summed E-state index contributed by atoms with van der Waals surface area (Å²) in [6.45, 7) is 4.94. The van der Waals surface area contributed by atoms with Crippen LogP contribution in [-0.2, 0) is 4.79 Å². The van der Waals surface area contributed by atoms with Gasteiger partial charge in [0.25, 0.3) is 0 Å². The predicted molar refractivity (Wildman–Crippen MR) is 85.0 cm³/mol. The highest BCUT2D eigenvalue weighted by Crippen LogP contribution is 2.24.